The van der Waals surface area contributed by atoms with Crippen molar-refractivity contribution in [2.45, 2.75) is 29.6 Å². The smallest absolute Gasteiger partial charge is 0.319 e. The molecule has 0 radical (unpaired) electrons. The van der Waals surface area contributed by atoms with Crippen LogP contribution in [0.25, 0.3) is 0 Å². The van der Waals surface area contributed by atoms with Crippen molar-refractivity contribution in [3.05, 3.63) is 53.6 Å². The lowest BCUT2D eigenvalue weighted by Crippen LogP contribution is -2.49. The van der Waals surface area contributed by atoms with Crippen LogP contribution in [0.1, 0.15) is 17.2 Å². The SMILES string of the molecule is CSN1CC(Oc2ccc(S(F)(F)(F)(F)F)cc2NC(=O)NC2c3ccccc3CC2O)C1. The van der Waals surface area contributed by atoms with E-state index in [0.29, 0.717) is 25.1 Å². The molecule has 1 aliphatic carbocycles. The highest BCUT2D eigenvalue weighted by Gasteiger charge is 2.65. The molecule has 13 heteroatoms. The number of nitrogens with zero attached hydrogens (tertiary/aromatic N) is 1. The first-order valence-electron chi connectivity index (χ1n) is 9.91. The summed E-state index contributed by atoms with van der Waals surface area (Å²) in [5, 5.41) is 15.0. The van der Waals surface area contributed by atoms with Gasteiger partial charge in [0, 0.05) is 19.5 Å². The molecular formula is C20H22F5N3O3S2. The van der Waals surface area contributed by atoms with Crippen molar-refractivity contribution in [1.29, 1.82) is 0 Å². The van der Waals surface area contributed by atoms with Gasteiger partial charge in [-0.05, 0) is 35.6 Å². The molecule has 1 fully saturated rings. The van der Waals surface area contributed by atoms with E-state index in [2.05, 4.69) is 10.6 Å². The predicted octanol–water partition coefficient (Wildman–Crippen LogP) is 5.46. The van der Waals surface area contributed by atoms with Crippen LogP contribution in [0.2, 0.25) is 0 Å². The van der Waals surface area contributed by atoms with Gasteiger partial charge < -0.3 is 20.5 Å². The van der Waals surface area contributed by atoms with Crippen molar-refractivity contribution in [2.24, 2.45) is 0 Å². The second kappa shape index (κ2) is 7.65. The lowest BCUT2D eigenvalue weighted by atomic mass is 10.1. The van der Waals surface area contributed by atoms with E-state index >= 15 is 0 Å². The number of aliphatic hydroxyl groups excluding tert-OH is 1. The number of halogens is 5. The molecule has 182 valence electrons. The number of anilines is 1. The average molecular weight is 512 g/mol. The molecule has 2 amide bonds. The fourth-order valence-electron chi connectivity index (χ4n) is 3.80. The normalized spacial score (nSPS) is 23.1. The van der Waals surface area contributed by atoms with Crippen LogP contribution in [0.4, 0.5) is 29.9 Å². The summed E-state index contributed by atoms with van der Waals surface area (Å²) in [6, 6.07) is 6.47. The monoisotopic (exact) mass is 511 g/mol. The minimum Gasteiger partial charge on any atom is -0.485 e. The van der Waals surface area contributed by atoms with Gasteiger partial charge in [0.05, 0.1) is 17.8 Å². The van der Waals surface area contributed by atoms with E-state index in [1.165, 1.54) is 11.9 Å². The summed E-state index contributed by atoms with van der Waals surface area (Å²) < 4.78 is 74.4. The number of hydrogen-bond donors (Lipinski definition) is 3. The maximum Gasteiger partial charge on any atom is 0.319 e. The zero-order chi connectivity index (χ0) is 24.1. The lowest BCUT2D eigenvalue weighted by molar-refractivity contribution is 0.0846. The minimum atomic E-state index is -9.98. The van der Waals surface area contributed by atoms with Crippen LogP contribution in [0.15, 0.2) is 47.4 Å². The van der Waals surface area contributed by atoms with Gasteiger partial charge in [-0.25, -0.2) is 9.10 Å². The number of nitrogens with one attached hydrogen (secondary N) is 2. The first-order chi connectivity index (χ1) is 15.2. The van der Waals surface area contributed by atoms with Crippen molar-refractivity contribution >= 4 is 33.9 Å². The Bertz CT molecular complexity index is 1080. The first-order valence-corrected chi connectivity index (χ1v) is 13.0. The molecule has 33 heavy (non-hydrogen) atoms. The van der Waals surface area contributed by atoms with Crippen LogP contribution < -0.4 is 15.4 Å². The van der Waals surface area contributed by atoms with Gasteiger partial charge >= 0.3 is 16.3 Å². The highest BCUT2D eigenvalue weighted by Crippen LogP contribution is 3.02. The predicted molar refractivity (Wildman–Crippen MR) is 118 cm³/mol. The number of benzene rings is 2. The van der Waals surface area contributed by atoms with Crippen LogP contribution in [-0.4, -0.2) is 47.0 Å². The third-order valence-electron chi connectivity index (χ3n) is 5.50. The third-order valence-corrected chi connectivity index (χ3v) is 7.46. The molecule has 6 nitrogen and oxygen atoms in total. The molecule has 2 unspecified atom stereocenters. The Kier molecular flexibility index (Phi) is 5.55. The van der Waals surface area contributed by atoms with Gasteiger partial charge in [0.1, 0.15) is 16.7 Å². The maximum absolute atomic E-state index is 13.4. The molecule has 2 aliphatic rings. The molecule has 2 aromatic rings. The Morgan fingerprint density at radius 2 is 1.85 bits per heavy atom. The fraction of sp³-hybridized carbons (Fsp3) is 0.350. The second-order valence-corrected chi connectivity index (χ2v) is 11.2. The van der Waals surface area contributed by atoms with E-state index in [9.17, 15) is 29.3 Å². The molecule has 1 saturated heterocycles. The largest absolute Gasteiger partial charge is 0.485 e. The zero-order valence-electron chi connectivity index (χ0n) is 17.3. The van der Waals surface area contributed by atoms with E-state index in [4.69, 9.17) is 4.74 Å². The number of aliphatic hydroxyl groups is 1. The summed E-state index contributed by atoms with van der Waals surface area (Å²) in [5.41, 5.74) is 0.955. The van der Waals surface area contributed by atoms with Crippen LogP contribution in [0, 0.1) is 0 Å². The summed E-state index contributed by atoms with van der Waals surface area (Å²) in [5.74, 6) is -0.158. The van der Waals surface area contributed by atoms with Gasteiger partial charge in [0.15, 0.2) is 0 Å². The van der Waals surface area contributed by atoms with E-state index in [1.807, 2.05) is 10.6 Å². The molecule has 4 rings (SSSR count). The molecule has 1 aliphatic heterocycles. The van der Waals surface area contributed by atoms with Gasteiger partial charge in [-0.1, -0.05) is 55.6 Å². The van der Waals surface area contributed by atoms with Crippen molar-refractivity contribution < 1.29 is 34.1 Å². The van der Waals surface area contributed by atoms with E-state index in [1.54, 1.807) is 24.3 Å². The summed E-state index contributed by atoms with van der Waals surface area (Å²) in [6.07, 6.45) is 0.845. The highest BCUT2D eigenvalue weighted by molar-refractivity contribution is 8.45. The van der Waals surface area contributed by atoms with Gasteiger partial charge in [0.2, 0.25) is 0 Å². The quantitative estimate of drug-likeness (QED) is 0.355. The van der Waals surface area contributed by atoms with Gasteiger partial charge in [-0.3, -0.25) is 0 Å². The first kappa shape index (κ1) is 23.9. The molecule has 0 bridgehead atoms. The van der Waals surface area contributed by atoms with Crippen molar-refractivity contribution in [1.82, 2.24) is 9.62 Å². The molecule has 0 aromatic heterocycles. The molecule has 0 spiro atoms. The van der Waals surface area contributed by atoms with E-state index in [-0.39, 0.29) is 24.0 Å². The fourth-order valence-corrected chi connectivity index (χ4v) is 5.10. The number of fused-ring (bicyclic) bond motifs is 1. The number of amides is 2. The Hall–Kier alpha value is -2.22. The number of urea groups is 1. The number of hydrogen-bond acceptors (Lipinski definition) is 5. The van der Waals surface area contributed by atoms with Crippen LogP contribution in [0.3, 0.4) is 0 Å². The zero-order valence-corrected chi connectivity index (χ0v) is 18.9. The standard InChI is InChI=1S/C20H22F5N3O3S2/c1-32-28-10-13(11-28)31-18-7-6-14(33(21,22,23,24)25)9-16(18)26-20(30)27-19-15-5-3-2-4-12(15)8-17(19)29/h2-7,9,13,17,19,29H,8,10-11H2,1H3,(H2,26,27,30). The Labute approximate surface area is 191 Å². The molecule has 2 atom stereocenters. The summed E-state index contributed by atoms with van der Waals surface area (Å²) >= 11 is 1.46. The number of ether oxygens (including phenoxy) is 1. The molecule has 0 saturated carbocycles. The lowest BCUT2D eigenvalue weighted by Gasteiger charge is -2.41. The Morgan fingerprint density at radius 1 is 1.15 bits per heavy atom. The number of rotatable bonds is 6. The topological polar surface area (TPSA) is 73.8 Å². The van der Waals surface area contributed by atoms with Crippen molar-refractivity contribution in [2.75, 3.05) is 24.7 Å². The average Bonchev–Trinajstić information content (AvgIpc) is 2.98. The molecular weight excluding hydrogens is 489 g/mol. The van der Waals surface area contributed by atoms with Gasteiger partial charge in [0.25, 0.3) is 0 Å². The highest BCUT2D eigenvalue weighted by atomic mass is 32.5. The Morgan fingerprint density at radius 3 is 2.52 bits per heavy atom. The summed E-state index contributed by atoms with van der Waals surface area (Å²) in [6.45, 7) is 0.975. The van der Waals surface area contributed by atoms with Crippen LogP contribution >= 0.6 is 22.2 Å². The number of carbonyl (C=O) groups is 1. The van der Waals surface area contributed by atoms with Crippen molar-refractivity contribution in [3.63, 3.8) is 0 Å². The van der Waals surface area contributed by atoms with E-state index in [0.717, 1.165) is 11.6 Å². The molecule has 1 heterocycles. The maximum atomic E-state index is 13.4. The second-order valence-electron chi connectivity index (χ2n) is 7.94. The van der Waals surface area contributed by atoms with E-state index < -0.39 is 39.0 Å². The minimum absolute atomic E-state index is 0.158. The molecule has 2 aromatic carbocycles. The number of carbonyl (C=O) groups excluding carboxylic acids is 1. The van der Waals surface area contributed by atoms with Crippen LogP contribution in [0.5, 0.6) is 5.75 Å². The summed E-state index contributed by atoms with van der Waals surface area (Å²) in [4.78, 5) is 10.5. The summed E-state index contributed by atoms with van der Waals surface area (Å²) in [7, 11) is -9.98. The van der Waals surface area contributed by atoms with Gasteiger partial charge in [-0.15, -0.1) is 0 Å². The third kappa shape index (κ3) is 5.31. The van der Waals surface area contributed by atoms with Gasteiger partial charge in [-0.2, -0.15) is 0 Å². The molecule has 3 N–H and O–H groups in total. The van der Waals surface area contributed by atoms with Crippen molar-refractivity contribution in [3.8, 4) is 5.75 Å². The van der Waals surface area contributed by atoms with Crippen LogP contribution in [-0.2, 0) is 6.42 Å². The Balaban J connectivity index is 1.57.